The van der Waals surface area contributed by atoms with Crippen molar-refractivity contribution in [3.05, 3.63) is 70.9 Å². The van der Waals surface area contributed by atoms with Crippen LogP contribution in [0.25, 0.3) is 22.4 Å². The van der Waals surface area contributed by atoms with Crippen molar-refractivity contribution in [3.8, 4) is 28.9 Å². The topological polar surface area (TPSA) is 112 Å². The minimum Gasteiger partial charge on any atom is -0.493 e. The van der Waals surface area contributed by atoms with Gasteiger partial charge in [-0.2, -0.15) is 5.26 Å². The second kappa shape index (κ2) is 8.96. The van der Waals surface area contributed by atoms with E-state index in [1.54, 1.807) is 65.2 Å². The molecule has 0 unspecified atom stereocenters. The highest BCUT2D eigenvalue weighted by molar-refractivity contribution is 5.95. The van der Waals surface area contributed by atoms with E-state index < -0.39 is 0 Å². The predicted molar refractivity (Wildman–Crippen MR) is 128 cm³/mol. The van der Waals surface area contributed by atoms with E-state index in [4.69, 9.17) is 14.2 Å². The van der Waals surface area contributed by atoms with Crippen molar-refractivity contribution >= 4 is 22.6 Å². The molecule has 1 fully saturated rings. The Balaban J connectivity index is 1.62. The Morgan fingerprint density at radius 1 is 0.971 bits per heavy atom. The number of anilines is 1. The van der Waals surface area contributed by atoms with Gasteiger partial charge in [0.1, 0.15) is 30.0 Å². The van der Waals surface area contributed by atoms with Crippen LogP contribution in [0.3, 0.4) is 0 Å². The molecule has 0 bridgehead atoms. The van der Waals surface area contributed by atoms with Gasteiger partial charge >= 0.3 is 0 Å². The molecule has 2 aromatic heterocycles. The van der Waals surface area contributed by atoms with Gasteiger partial charge in [0.25, 0.3) is 11.5 Å². The molecule has 35 heavy (non-hydrogen) atoms. The average Bonchev–Trinajstić information content (AvgIpc) is 3.28. The molecule has 0 saturated carbocycles. The number of hydrogen-bond donors (Lipinski definition) is 0. The maximum Gasteiger partial charge on any atom is 0.282 e. The summed E-state index contributed by atoms with van der Waals surface area (Å²) in [5, 5.41) is 9.63. The fraction of sp³-hybridized carbons (Fsp3) is 0.200. The molecule has 4 aromatic rings. The highest BCUT2D eigenvalue weighted by Crippen LogP contribution is 2.31. The van der Waals surface area contributed by atoms with Crippen LogP contribution in [0, 0.1) is 11.3 Å². The first-order chi connectivity index (χ1) is 17.0. The number of amides is 1. The molecule has 0 atom stereocenters. The quantitative estimate of drug-likeness (QED) is 0.439. The average molecular weight is 471 g/mol. The summed E-state index contributed by atoms with van der Waals surface area (Å²) in [7, 11) is 3.07. The molecule has 1 amide bonds. The Labute approximate surface area is 200 Å². The molecule has 10 nitrogen and oxygen atoms in total. The lowest BCUT2D eigenvalue weighted by molar-refractivity contribution is -0.125. The third-order valence-electron chi connectivity index (χ3n) is 5.89. The zero-order valence-corrected chi connectivity index (χ0v) is 19.1. The SMILES string of the molecule is COc1ccc(-n2cc(C#N)c3ncn(-c4ccc(N5CCOCC5=O)cc4)c(=O)c32)cc1OC. The van der Waals surface area contributed by atoms with E-state index in [1.165, 1.54) is 18.0 Å². The third-order valence-corrected chi connectivity index (χ3v) is 5.89. The van der Waals surface area contributed by atoms with Crippen molar-refractivity contribution in [3.63, 3.8) is 0 Å². The van der Waals surface area contributed by atoms with Crippen molar-refractivity contribution in [2.45, 2.75) is 0 Å². The molecule has 2 aromatic carbocycles. The van der Waals surface area contributed by atoms with Gasteiger partial charge in [0, 0.05) is 30.2 Å². The van der Waals surface area contributed by atoms with Gasteiger partial charge in [0.15, 0.2) is 11.5 Å². The predicted octanol–water partition coefficient (Wildman–Crippen LogP) is 2.43. The minimum absolute atomic E-state index is 0.0517. The summed E-state index contributed by atoms with van der Waals surface area (Å²) in [5.41, 5.74) is 2.41. The number of morpholine rings is 1. The summed E-state index contributed by atoms with van der Waals surface area (Å²) in [6.45, 7) is 0.999. The minimum atomic E-state index is -0.346. The smallest absolute Gasteiger partial charge is 0.282 e. The molecule has 3 heterocycles. The zero-order chi connectivity index (χ0) is 24.5. The first-order valence-electron chi connectivity index (χ1n) is 10.8. The number of carbonyl (C=O) groups is 1. The van der Waals surface area contributed by atoms with Gasteiger partial charge in [0.2, 0.25) is 0 Å². The molecule has 176 valence electrons. The summed E-state index contributed by atoms with van der Waals surface area (Å²) in [6.07, 6.45) is 2.98. The highest BCUT2D eigenvalue weighted by Gasteiger charge is 2.21. The fourth-order valence-corrected chi connectivity index (χ4v) is 4.14. The normalized spacial score (nSPS) is 13.6. The van der Waals surface area contributed by atoms with Crippen LogP contribution in [0.1, 0.15) is 5.56 Å². The molecule has 1 aliphatic rings. The first kappa shape index (κ1) is 22.2. The number of methoxy groups -OCH3 is 2. The number of rotatable bonds is 5. The first-order valence-corrected chi connectivity index (χ1v) is 10.8. The zero-order valence-electron chi connectivity index (χ0n) is 19.1. The summed E-state index contributed by atoms with van der Waals surface area (Å²) >= 11 is 0. The molecule has 1 aliphatic heterocycles. The molecule has 1 saturated heterocycles. The lowest BCUT2D eigenvalue weighted by Crippen LogP contribution is -2.41. The summed E-state index contributed by atoms with van der Waals surface area (Å²) in [6, 6.07) is 14.4. The maximum atomic E-state index is 13.6. The monoisotopic (exact) mass is 471 g/mol. The molecule has 5 rings (SSSR count). The molecular formula is C25H21N5O5. The number of hydrogen-bond acceptors (Lipinski definition) is 7. The van der Waals surface area contributed by atoms with Crippen molar-refractivity contribution in [1.29, 1.82) is 5.26 Å². The number of nitriles is 1. The maximum absolute atomic E-state index is 13.6. The molecule has 10 heteroatoms. The third kappa shape index (κ3) is 3.78. The Hall–Kier alpha value is -4.62. The van der Waals surface area contributed by atoms with Crippen molar-refractivity contribution in [2.75, 3.05) is 38.9 Å². The standard InChI is InChI=1S/C25H21N5O5/c1-33-20-8-7-19(11-21(20)34-2)29-13-16(12-26)23-24(29)25(32)30(15-27-23)18-5-3-17(4-6-18)28-9-10-35-14-22(28)31/h3-8,11,13,15H,9-10,14H2,1-2H3. The summed E-state index contributed by atoms with van der Waals surface area (Å²) in [4.78, 5) is 31.8. The van der Waals surface area contributed by atoms with Gasteiger partial charge in [0.05, 0.1) is 32.1 Å². The van der Waals surface area contributed by atoms with E-state index in [0.717, 1.165) is 5.69 Å². The van der Waals surface area contributed by atoms with E-state index in [9.17, 15) is 14.9 Å². The Morgan fingerprint density at radius 3 is 2.37 bits per heavy atom. The van der Waals surface area contributed by atoms with Gasteiger partial charge < -0.3 is 23.7 Å². The van der Waals surface area contributed by atoms with Crippen LogP contribution in [0.4, 0.5) is 5.69 Å². The van der Waals surface area contributed by atoms with E-state index in [2.05, 4.69) is 11.1 Å². The molecule has 0 aliphatic carbocycles. The lowest BCUT2D eigenvalue weighted by atomic mass is 10.2. The number of fused-ring (bicyclic) bond motifs is 1. The van der Waals surface area contributed by atoms with Crippen LogP contribution in [-0.4, -0.2) is 54.0 Å². The van der Waals surface area contributed by atoms with Gasteiger partial charge in [-0.3, -0.25) is 14.2 Å². The second-order valence-electron chi connectivity index (χ2n) is 7.80. The van der Waals surface area contributed by atoms with Crippen LogP contribution in [-0.2, 0) is 9.53 Å². The van der Waals surface area contributed by atoms with Crippen molar-refractivity contribution in [2.24, 2.45) is 0 Å². The Bertz CT molecular complexity index is 1530. The Morgan fingerprint density at radius 2 is 1.69 bits per heavy atom. The van der Waals surface area contributed by atoms with Crippen molar-refractivity contribution < 1.29 is 19.0 Å². The molecule has 0 N–H and O–H groups in total. The second-order valence-corrected chi connectivity index (χ2v) is 7.80. The van der Waals surface area contributed by atoms with E-state index in [1.807, 2.05) is 0 Å². The number of benzene rings is 2. The fourth-order valence-electron chi connectivity index (χ4n) is 4.14. The van der Waals surface area contributed by atoms with Crippen LogP contribution in [0.2, 0.25) is 0 Å². The van der Waals surface area contributed by atoms with Gasteiger partial charge in [-0.15, -0.1) is 0 Å². The molecular weight excluding hydrogens is 450 g/mol. The Kier molecular flexibility index (Phi) is 5.68. The van der Waals surface area contributed by atoms with E-state index in [0.29, 0.717) is 41.5 Å². The van der Waals surface area contributed by atoms with Gasteiger partial charge in [-0.25, -0.2) is 4.98 Å². The largest absolute Gasteiger partial charge is 0.493 e. The number of nitrogens with zero attached hydrogens (tertiary/aromatic N) is 5. The number of aromatic nitrogens is 3. The van der Waals surface area contributed by atoms with E-state index >= 15 is 0 Å². The number of carbonyl (C=O) groups excluding carboxylic acids is 1. The van der Waals surface area contributed by atoms with Gasteiger partial charge in [-0.1, -0.05) is 0 Å². The van der Waals surface area contributed by atoms with Crippen molar-refractivity contribution in [1.82, 2.24) is 14.1 Å². The van der Waals surface area contributed by atoms with Gasteiger partial charge in [-0.05, 0) is 36.4 Å². The summed E-state index contributed by atoms with van der Waals surface area (Å²) in [5.74, 6) is 0.923. The van der Waals surface area contributed by atoms with E-state index in [-0.39, 0.29) is 29.2 Å². The van der Waals surface area contributed by atoms with Crippen LogP contribution in [0.15, 0.2) is 59.8 Å². The van der Waals surface area contributed by atoms with Crippen LogP contribution >= 0.6 is 0 Å². The molecule has 0 spiro atoms. The van der Waals surface area contributed by atoms with Crippen LogP contribution in [0.5, 0.6) is 11.5 Å². The summed E-state index contributed by atoms with van der Waals surface area (Å²) < 4.78 is 18.9. The number of ether oxygens (including phenoxy) is 3. The molecule has 0 radical (unpaired) electrons. The van der Waals surface area contributed by atoms with Crippen LogP contribution < -0.4 is 19.9 Å². The lowest BCUT2D eigenvalue weighted by Gasteiger charge is -2.26. The highest BCUT2D eigenvalue weighted by atomic mass is 16.5.